The van der Waals surface area contributed by atoms with Gasteiger partial charge in [0.1, 0.15) is 5.75 Å². The van der Waals surface area contributed by atoms with Gasteiger partial charge in [-0.15, -0.1) is 0 Å². The highest BCUT2D eigenvalue weighted by molar-refractivity contribution is 6.34. The summed E-state index contributed by atoms with van der Waals surface area (Å²) in [7, 11) is 1.58. The molecule has 0 aromatic heterocycles. The molecule has 0 radical (unpaired) electrons. The molecule has 0 atom stereocenters. The number of hydrogen-bond donors (Lipinski definition) is 0. The van der Waals surface area contributed by atoms with E-state index in [4.69, 9.17) is 16.3 Å². The van der Waals surface area contributed by atoms with Crippen molar-refractivity contribution in [3.05, 3.63) is 28.3 Å². The standard InChI is InChI=1S/C11H13ClO2/c1-4-10(13)8-5-7(2)11(14-3)6-9(8)12/h5-6H,4H2,1-3H3. The number of ether oxygens (including phenoxy) is 1. The third-order valence-corrected chi connectivity index (χ3v) is 2.42. The molecule has 0 aliphatic heterocycles. The Hall–Kier alpha value is -1.02. The van der Waals surface area contributed by atoms with Crippen molar-refractivity contribution in [1.82, 2.24) is 0 Å². The van der Waals surface area contributed by atoms with Crippen LogP contribution in [-0.4, -0.2) is 12.9 Å². The molecule has 1 aromatic carbocycles. The van der Waals surface area contributed by atoms with Gasteiger partial charge in [-0.2, -0.15) is 0 Å². The molecule has 0 aliphatic carbocycles. The molecular weight excluding hydrogens is 200 g/mol. The third kappa shape index (κ3) is 2.07. The highest BCUT2D eigenvalue weighted by Gasteiger charge is 2.11. The van der Waals surface area contributed by atoms with E-state index in [9.17, 15) is 4.79 Å². The summed E-state index contributed by atoms with van der Waals surface area (Å²) in [4.78, 5) is 11.5. The molecule has 0 bridgehead atoms. The Morgan fingerprint density at radius 2 is 2.14 bits per heavy atom. The van der Waals surface area contributed by atoms with E-state index in [1.807, 2.05) is 13.8 Å². The summed E-state index contributed by atoms with van der Waals surface area (Å²) >= 11 is 5.95. The average Bonchev–Trinajstić information content (AvgIpc) is 2.19. The second-order valence-corrected chi connectivity index (χ2v) is 3.49. The van der Waals surface area contributed by atoms with Gasteiger partial charge >= 0.3 is 0 Å². The Morgan fingerprint density at radius 3 is 2.64 bits per heavy atom. The number of Topliss-reactive ketones (excluding diaryl/α,β-unsaturated/α-hetero) is 1. The van der Waals surface area contributed by atoms with Crippen molar-refractivity contribution in [2.75, 3.05) is 7.11 Å². The Balaban J connectivity index is 3.21. The summed E-state index contributed by atoms with van der Waals surface area (Å²) in [6.45, 7) is 3.71. The largest absolute Gasteiger partial charge is 0.496 e. The van der Waals surface area contributed by atoms with E-state index < -0.39 is 0 Å². The molecule has 0 spiro atoms. The molecule has 0 amide bonds. The molecule has 0 aliphatic rings. The maximum atomic E-state index is 11.5. The van der Waals surface area contributed by atoms with Crippen molar-refractivity contribution in [3.8, 4) is 5.75 Å². The van der Waals surface area contributed by atoms with Gasteiger partial charge in [0.25, 0.3) is 0 Å². The molecule has 0 saturated heterocycles. The number of methoxy groups -OCH3 is 1. The smallest absolute Gasteiger partial charge is 0.164 e. The normalized spacial score (nSPS) is 10.0. The predicted octanol–water partition coefficient (Wildman–Crippen LogP) is 3.25. The summed E-state index contributed by atoms with van der Waals surface area (Å²) in [5.41, 5.74) is 1.50. The predicted molar refractivity (Wildman–Crippen MR) is 57.4 cm³/mol. The van der Waals surface area contributed by atoms with Gasteiger partial charge in [-0.25, -0.2) is 0 Å². The Kier molecular flexibility index (Phi) is 3.53. The van der Waals surface area contributed by atoms with Crippen molar-refractivity contribution in [2.24, 2.45) is 0 Å². The zero-order chi connectivity index (χ0) is 10.7. The monoisotopic (exact) mass is 212 g/mol. The number of ketones is 1. The van der Waals surface area contributed by atoms with Gasteiger partial charge in [-0.1, -0.05) is 18.5 Å². The molecule has 1 aromatic rings. The lowest BCUT2D eigenvalue weighted by atomic mass is 10.1. The van der Waals surface area contributed by atoms with E-state index in [1.165, 1.54) is 0 Å². The first kappa shape index (κ1) is 11.1. The van der Waals surface area contributed by atoms with E-state index in [0.717, 1.165) is 5.56 Å². The topological polar surface area (TPSA) is 26.3 Å². The number of rotatable bonds is 3. The second kappa shape index (κ2) is 4.47. The van der Waals surface area contributed by atoms with Crippen LogP contribution in [0.15, 0.2) is 12.1 Å². The van der Waals surface area contributed by atoms with Gasteiger partial charge in [0.2, 0.25) is 0 Å². The molecule has 2 nitrogen and oxygen atoms in total. The van der Waals surface area contributed by atoms with Crippen LogP contribution >= 0.6 is 11.6 Å². The number of carbonyl (C=O) groups is 1. The van der Waals surface area contributed by atoms with Gasteiger partial charge in [0.05, 0.1) is 12.1 Å². The Labute approximate surface area is 88.8 Å². The summed E-state index contributed by atoms with van der Waals surface area (Å²) in [5, 5.41) is 0.458. The van der Waals surface area contributed by atoms with Crippen LogP contribution in [0.5, 0.6) is 5.75 Å². The number of halogens is 1. The first-order valence-corrected chi connectivity index (χ1v) is 4.85. The summed E-state index contributed by atoms with van der Waals surface area (Å²) in [6.07, 6.45) is 0.464. The third-order valence-electron chi connectivity index (χ3n) is 2.11. The van der Waals surface area contributed by atoms with Gasteiger partial charge in [0.15, 0.2) is 5.78 Å². The van der Waals surface area contributed by atoms with Gasteiger partial charge in [-0.3, -0.25) is 4.79 Å². The molecule has 0 fully saturated rings. The molecule has 76 valence electrons. The van der Waals surface area contributed by atoms with Crippen LogP contribution in [0.3, 0.4) is 0 Å². The maximum absolute atomic E-state index is 11.5. The molecule has 1 rings (SSSR count). The molecule has 0 saturated carbocycles. The molecule has 0 heterocycles. The number of carbonyl (C=O) groups excluding carboxylic acids is 1. The van der Waals surface area contributed by atoms with E-state index in [2.05, 4.69) is 0 Å². The van der Waals surface area contributed by atoms with Crippen LogP contribution in [0.25, 0.3) is 0 Å². The fourth-order valence-corrected chi connectivity index (χ4v) is 1.55. The fourth-order valence-electron chi connectivity index (χ4n) is 1.29. The Morgan fingerprint density at radius 1 is 1.50 bits per heavy atom. The Bertz CT molecular complexity index is 359. The van der Waals surface area contributed by atoms with E-state index in [0.29, 0.717) is 22.8 Å². The quantitative estimate of drug-likeness (QED) is 0.719. The van der Waals surface area contributed by atoms with Crippen LogP contribution in [0.1, 0.15) is 29.3 Å². The van der Waals surface area contributed by atoms with Crippen molar-refractivity contribution >= 4 is 17.4 Å². The van der Waals surface area contributed by atoms with Gasteiger partial charge < -0.3 is 4.74 Å². The van der Waals surface area contributed by atoms with E-state index in [1.54, 1.807) is 19.2 Å². The zero-order valence-electron chi connectivity index (χ0n) is 8.56. The highest BCUT2D eigenvalue weighted by Crippen LogP contribution is 2.27. The van der Waals surface area contributed by atoms with Crippen molar-refractivity contribution in [2.45, 2.75) is 20.3 Å². The first-order valence-electron chi connectivity index (χ1n) is 4.47. The lowest BCUT2D eigenvalue weighted by molar-refractivity contribution is 0.0988. The van der Waals surface area contributed by atoms with Gasteiger partial charge in [-0.05, 0) is 24.6 Å². The zero-order valence-corrected chi connectivity index (χ0v) is 9.31. The van der Waals surface area contributed by atoms with Crippen LogP contribution in [-0.2, 0) is 0 Å². The van der Waals surface area contributed by atoms with Crippen LogP contribution in [0, 0.1) is 6.92 Å². The molecular formula is C11H13ClO2. The van der Waals surface area contributed by atoms with Crippen LogP contribution in [0.2, 0.25) is 5.02 Å². The highest BCUT2D eigenvalue weighted by atomic mass is 35.5. The number of hydrogen-bond acceptors (Lipinski definition) is 2. The molecule has 3 heteroatoms. The lowest BCUT2D eigenvalue weighted by Crippen LogP contribution is -1.99. The molecule has 14 heavy (non-hydrogen) atoms. The van der Waals surface area contributed by atoms with E-state index >= 15 is 0 Å². The van der Waals surface area contributed by atoms with Crippen molar-refractivity contribution in [3.63, 3.8) is 0 Å². The second-order valence-electron chi connectivity index (χ2n) is 3.08. The molecule has 0 unspecified atom stereocenters. The van der Waals surface area contributed by atoms with Gasteiger partial charge in [0, 0.05) is 12.0 Å². The van der Waals surface area contributed by atoms with Crippen LogP contribution in [0.4, 0.5) is 0 Å². The SMILES string of the molecule is CCC(=O)c1cc(C)c(OC)cc1Cl. The minimum absolute atomic E-state index is 0.0563. The maximum Gasteiger partial charge on any atom is 0.164 e. The summed E-state index contributed by atoms with van der Waals surface area (Å²) in [6, 6.07) is 3.45. The lowest BCUT2D eigenvalue weighted by Gasteiger charge is -2.08. The van der Waals surface area contributed by atoms with Crippen LogP contribution < -0.4 is 4.74 Å². The van der Waals surface area contributed by atoms with E-state index in [-0.39, 0.29) is 5.78 Å². The fraction of sp³-hybridized carbons (Fsp3) is 0.364. The van der Waals surface area contributed by atoms with Crippen molar-refractivity contribution < 1.29 is 9.53 Å². The average molecular weight is 213 g/mol. The first-order chi connectivity index (χ1) is 6.60. The number of aryl methyl sites for hydroxylation is 1. The summed E-state index contributed by atoms with van der Waals surface area (Å²) in [5.74, 6) is 0.767. The minimum Gasteiger partial charge on any atom is -0.496 e. The molecule has 0 N–H and O–H groups in total. The number of benzene rings is 1. The van der Waals surface area contributed by atoms with Crippen molar-refractivity contribution in [1.29, 1.82) is 0 Å². The minimum atomic E-state index is 0.0563. The summed E-state index contributed by atoms with van der Waals surface area (Å²) < 4.78 is 5.10.